The molecule has 0 aliphatic heterocycles. The molecule has 0 amide bonds. The van der Waals surface area contributed by atoms with Crippen molar-refractivity contribution in [1.29, 1.82) is 0 Å². The third-order valence-corrected chi connectivity index (χ3v) is 3.51. The lowest BCUT2D eigenvalue weighted by Crippen LogP contribution is -2.43. The number of ether oxygens (including phenoxy) is 3. The maximum Gasteiger partial charge on any atom is 0.320 e. The van der Waals surface area contributed by atoms with Crippen LogP contribution in [0, 0.1) is 10.8 Å². The minimum atomic E-state index is -0.354. The second kappa shape index (κ2) is 11.4. The van der Waals surface area contributed by atoms with Crippen molar-refractivity contribution in [2.75, 3.05) is 52.6 Å². The predicted molar refractivity (Wildman–Crippen MR) is 97.1 cm³/mol. The maximum atomic E-state index is 11.8. The van der Waals surface area contributed by atoms with Gasteiger partial charge in [0.2, 0.25) is 0 Å². The zero-order valence-corrected chi connectivity index (χ0v) is 16.7. The van der Waals surface area contributed by atoms with E-state index < -0.39 is 0 Å². The van der Waals surface area contributed by atoms with Crippen LogP contribution in [-0.2, 0) is 23.8 Å². The van der Waals surface area contributed by atoms with E-state index in [4.69, 9.17) is 19.9 Å². The van der Waals surface area contributed by atoms with Gasteiger partial charge in [-0.25, -0.2) is 0 Å². The van der Waals surface area contributed by atoms with E-state index >= 15 is 0 Å². The number of esters is 2. The SMILES string of the molecule is CCOC(=O)CN(CC(=O)OCC)CC(C)(C)COCC(C)(C)CN. The quantitative estimate of drug-likeness (QED) is 0.497. The lowest BCUT2D eigenvalue weighted by atomic mass is 9.92. The fourth-order valence-corrected chi connectivity index (χ4v) is 2.26. The van der Waals surface area contributed by atoms with E-state index in [-0.39, 0.29) is 35.9 Å². The lowest BCUT2D eigenvalue weighted by Gasteiger charge is -2.32. The third-order valence-electron chi connectivity index (χ3n) is 3.51. The maximum absolute atomic E-state index is 11.8. The molecule has 0 saturated carbocycles. The van der Waals surface area contributed by atoms with Crippen molar-refractivity contribution < 1.29 is 23.8 Å². The Kier molecular flexibility index (Phi) is 10.9. The molecule has 0 spiro atoms. The zero-order chi connectivity index (χ0) is 19.5. The second-order valence-electron chi connectivity index (χ2n) is 7.78. The summed E-state index contributed by atoms with van der Waals surface area (Å²) in [5, 5.41) is 0. The molecule has 0 heterocycles. The van der Waals surface area contributed by atoms with Crippen LogP contribution in [0.4, 0.5) is 0 Å². The molecule has 0 aromatic rings. The Balaban J connectivity index is 4.70. The Labute approximate surface area is 152 Å². The van der Waals surface area contributed by atoms with Crippen molar-refractivity contribution in [3.8, 4) is 0 Å². The average Bonchev–Trinajstić information content (AvgIpc) is 2.46. The van der Waals surface area contributed by atoms with Gasteiger partial charge in [0.25, 0.3) is 0 Å². The van der Waals surface area contributed by atoms with Crippen molar-refractivity contribution >= 4 is 11.9 Å². The normalized spacial score (nSPS) is 12.3. The van der Waals surface area contributed by atoms with Crippen LogP contribution in [0.25, 0.3) is 0 Å². The standard InChI is InChI=1S/C18H36N2O5/c1-7-24-15(21)9-20(10-16(22)25-8-2)12-18(5,6)14-23-13-17(3,4)11-19/h7-14,19H2,1-6H3. The molecule has 7 heteroatoms. The molecule has 0 atom stereocenters. The molecule has 0 aliphatic rings. The van der Waals surface area contributed by atoms with Crippen LogP contribution in [0.2, 0.25) is 0 Å². The van der Waals surface area contributed by atoms with Gasteiger partial charge in [0.1, 0.15) is 0 Å². The molecule has 0 unspecified atom stereocenters. The molecule has 0 fully saturated rings. The number of hydrogen-bond acceptors (Lipinski definition) is 7. The van der Waals surface area contributed by atoms with Gasteiger partial charge < -0.3 is 19.9 Å². The summed E-state index contributed by atoms with van der Waals surface area (Å²) >= 11 is 0. The summed E-state index contributed by atoms with van der Waals surface area (Å²) in [5.74, 6) is -0.708. The molecule has 25 heavy (non-hydrogen) atoms. The number of carbonyl (C=O) groups is 2. The molecule has 2 N–H and O–H groups in total. The van der Waals surface area contributed by atoms with Gasteiger partial charge in [-0.15, -0.1) is 0 Å². The smallest absolute Gasteiger partial charge is 0.320 e. The molecule has 0 aromatic carbocycles. The van der Waals surface area contributed by atoms with Crippen LogP contribution < -0.4 is 5.73 Å². The van der Waals surface area contributed by atoms with Crippen LogP contribution in [0.5, 0.6) is 0 Å². The third kappa shape index (κ3) is 11.9. The van der Waals surface area contributed by atoms with E-state index in [1.54, 1.807) is 18.7 Å². The van der Waals surface area contributed by atoms with Gasteiger partial charge in [0, 0.05) is 17.4 Å². The highest BCUT2D eigenvalue weighted by Crippen LogP contribution is 2.20. The average molecular weight is 360 g/mol. The van der Waals surface area contributed by atoms with Crippen LogP contribution >= 0.6 is 0 Å². The molecule has 0 saturated heterocycles. The van der Waals surface area contributed by atoms with Crippen LogP contribution in [0.15, 0.2) is 0 Å². The highest BCUT2D eigenvalue weighted by atomic mass is 16.5. The number of rotatable bonds is 13. The fraction of sp³-hybridized carbons (Fsp3) is 0.889. The predicted octanol–water partition coefficient (Wildman–Crippen LogP) is 1.44. The van der Waals surface area contributed by atoms with Crippen molar-refractivity contribution in [2.45, 2.75) is 41.5 Å². The summed E-state index contributed by atoms with van der Waals surface area (Å²) < 4.78 is 15.8. The molecular formula is C18H36N2O5. The van der Waals surface area contributed by atoms with Crippen molar-refractivity contribution in [1.82, 2.24) is 4.90 Å². The first-order chi connectivity index (χ1) is 11.5. The highest BCUT2D eigenvalue weighted by Gasteiger charge is 2.27. The first kappa shape index (κ1) is 23.8. The van der Waals surface area contributed by atoms with Gasteiger partial charge >= 0.3 is 11.9 Å². The van der Waals surface area contributed by atoms with Gasteiger partial charge in [-0.2, -0.15) is 0 Å². The monoisotopic (exact) mass is 360 g/mol. The van der Waals surface area contributed by atoms with E-state index in [0.717, 1.165) is 0 Å². The van der Waals surface area contributed by atoms with Gasteiger partial charge in [0.05, 0.1) is 39.5 Å². The van der Waals surface area contributed by atoms with Gasteiger partial charge in [0.15, 0.2) is 0 Å². The summed E-state index contributed by atoms with van der Waals surface area (Å²) in [6, 6.07) is 0. The van der Waals surface area contributed by atoms with Crippen LogP contribution in [-0.4, -0.2) is 69.4 Å². The highest BCUT2D eigenvalue weighted by molar-refractivity contribution is 5.75. The van der Waals surface area contributed by atoms with Crippen molar-refractivity contribution in [3.63, 3.8) is 0 Å². The number of carbonyl (C=O) groups excluding carboxylic acids is 2. The topological polar surface area (TPSA) is 91.1 Å². The van der Waals surface area contributed by atoms with Gasteiger partial charge in [-0.3, -0.25) is 14.5 Å². The molecule has 7 nitrogen and oxygen atoms in total. The van der Waals surface area contributed by atoms with Crippen LogP contribution in [0.3, 0.4) is 0 Å². The summed E-state index contributed by atoms with van der Waals surface area (Å²) in [6.45, 7) is 14.5. The summed E-state index contributed by atoms with van der Waals surface area (Å²) in [6.07, 6.45) is 0. The van der Waals surface area contributed by atoms with Gasteiger partial charge in [-0.1, -0.05) is 27.7 Å². The number of nitrogens with two attached hydrogens (primary N) is 1. The summed E-state index contributed by atoms with van der Waals surface area (Å²) in [4.78, 5) is 25.3. The summed E-state index contributed by atoms with van der Waals surface area (Å²) in [7, 11) is 0. The van der Waals surface area contributed by atoms with E-state index in [1.807, 2.05) is 27.7 Å². The Morgan fingerprint density at radius 1 is 0.880 bits per heavy atom. The molecular weight excluding hydrogens is 324 g/mol. The molecule has 0 rings (SSSR count). The molecule has 0 bridgehead atoms. The Morgan fingerprint density at radius 3 is 1.72 bits per heavy atom. The molecule has 0 radical (unpaired) electrons. The fourth-order valence-electron chi connectivity index (χ4n) is 2.26. The second-order valence-corrected chi connectivity index (χ2v) is 7.78. The Bertz CT molecular complexity index is 390. The van der Waals surface area contributed by atoms with Crippen LogP contribution in [0.1, 0.15) is 41.5 Å². The molecule has 148 valence electrons. The van der Waals surface area contributed by atoms with E-state index in [0.29, 0.717) is 39.5 Å². The van der Waals surface area contributed by atoms with Crippen molar-refractivity contribution in [2.24, 2.45) is 16.6 Å². The molecule has 0 aromatic heterocycles. The minimum Gasteiger partial charge on any atom is -0.465 e. The Morgan fingerprint density at radius 2 is 1.32 bits per heavy atom. The van der Waals surface area contributed by atoms with Gasteiger partial charge in [-0.05, 0) is 20.4 Å². The van der Waals surface area contributed by atoms with E-state index in [1.165, 1.54) is 0 Å². The number of hydrogen-bond donors (Lipinski definition) is 1. The Hall–Kier alpha value is -1.18. The first-order valence-electron chi connectivity index (χ1n) is 8.86. The van der Waals surface area contributed by atoms with Crippen molar-refractivity contribution in [3.05, 3.63) is 0 Å². The largest absolute Gasteiger partial charge is 0.465 e. The number of nitrogens with zero attached hydrogens (tertiary/aromatic N) is 1. The molecule has 0 aliphatic carbocycles. The lowest BCUT2D eigenvalue weighted by molar-refractivity contribution is -0.149. The minimum absolute atomic E-state index is 0.0460. The van der Waals surface area contributed by atoms with E-state index in [9.17, 15) is 9.59 Å². The first-order valence-corrected chi connectivity index (χ1v) is 8.86. The zero-order valence-electron chi connectivity index (χ0n) is 16.7. The summed E-state index contributed by atoms with van der Waals surface area (Å²) in [5.41, 5.74) is 5.39. The van der Waals surface area contributed by atoms with E-state index in [2.05, 4.69) is 0 Å².